The normalized spacial score (nSPS) is 18.2. The molecule has 1 aliphatic rings. The van der Waals surface area contributed by atoms with Crippen LogP contribution in [0, 0.1) is 0 Å². The minimum Gasteiger partial charge on any atom is -0.334 e. The van der Waals surface area contributed by atoms with Gasteiger partial charge in [-0.1, -0.05) is 31.2 Å². The van der Waals surface area contributed by atoms with Crippen LogP contribution in [0.3, 0.4) is 0 Å². The summed E-state index contributed by atoms with van der Waals surface area (Å²) in [5, 5.41) is 3.68. The number of carbonyl (C=O) groups is 1. The van der Waals surface area contributed by atoms with Crippen molar-refractivity contribution in [2.75, 3.05) is 18.8 Å². The number of urea groups is 1. The third kappa shape index (κ3) is 4.77. The van der Waals surface area contributed by atoms with Crippen LogP contribution < -0.4 is 5.32 Å². The molecule has 128 valence electrons. The molecule has 0 unspecified atom stereocenters. The Morgan fingerprint density at radius 1 is 1.29 bits per heavy atom. The maximum Gasteiger partial charge on any atom is 0.317 e. The first-order valence-electron chi connectivity index (χ1n) is 8.38. The topological polar surface area (TPSA) is 50.2 Å². The smallest absolute Gasteiger partial charge is 0.317 e. The number of thioether (sulfide) groups is 1. The number of nitrogens with one attached hydrogen (secondary N) is 1. The Morgan fingerprint density at radius 3 is 2.83 bits per heavy atom. The lowest BCUT2D eigenvalue weighted by molar-refractivity contribution is 0.201. The van der Waals surface area contributed by atoms with Gasteiger partial charge in [-0.3, -0.25) is 0 Å². The van der Waals surface area contributed by atoms with Crippen LogP contribution in [0.1, 0.15) is 24.5 Å². The number of nitrogens with zero attached hydrogens (tertiary/aromatic N) is 3. The maximum atomic E-state index is 12.3. The standard InChI is InChI=1S/C18H24N4OS/c1-15-6-8-22(10-11-24-15)18(23)20-12-16-2-4-17(5-3-16)13-21-9-7-19-14-21/h2-5,7,9,14-15H,6,8,10-13H2,1H3,(H,20,23)/t15-/m1/s1. The maximum absolute atomic E-state index is 12.3. The molecule has 1 fully saturated rings. The van der Waals surface area contributed by atoms with Crippen molar-refractivity contribution in [1.82, 2.24) is 19.8 Å². The molecule has 3 rings (SSSR count). The summed E-state index contributed by atoms with van der Waals surface area (Å²) in [5.41, 5.74) is 2.34. The van der Waals surface area contributed by atoms with Crippen LogP contribution in [0.15, 0.2) is 43.0 Å². The summed E-state index contributed by atoms with van der Waals surface area (Å²) >= 11 is 1.95. The Morgan fingerprint density at radius 2 is 2.08 bits per heavy atom. The lowest BCUT2D eigenvalue weighted by atomic mass is 10.1. The van der Waals surface area contributed by atoms with Gasteiger partial charge in [-0.05, 0) is 17.5 Å². The number of carbonyl (C=O) groups excluding carboxylic acids is 1. The summed E-state index contributed by atoms with van der Waals surface area (Å²) in [5.74, 6) is 1.03. The van der Waals surface area contributed by atoms with E-state index >= 15 is 0 Å². The number of amides is 2. The second-order valence-corrected chi connectivity index (χ2v) is 7.71. The molecule has 1 atom stereocenters. The number of benzene rings is 1. The summed E-state index contributed by atoms with van der Waals surface area (Å²) in [7, 11) is 0. The van der Waals surface area contributed by atoms with E-state index in [2.05, 4.69) is 41.5 Å². The predicted molar refractivity (Wildman–Crippen MR) is 98.1 cm³/mol. The third-order valence-corrected chi connectivity index (χ3v) is 5.47. The van der Waals surface area contributed by atoms with E-state index in [-0.39, 0.29) is 6.03 Å². The first-order chi connectivity index (χ1) is 11.7. The van der Waals surface area contributed by atoms with Crippen LogP contribution in [0.25, 0.3) is 0 Å². The highest BCUT2D eigenvalue weighted by atomic mass is 32.2. The lowest BCUT2D eigenvalue weighted by Gasteiger charge is -2.20. The van der Waals surface area contributed by atoms with Gasteiger partial charge in [0, 0.05) is 49.6 Å². The lowest BCUT2D eigenvalue weighted by Crippen LogP contribution is -2.40. The molecule has 6 heteroatoms. The van der Waals surface area contributed by atoms with Crippen molar-refractivity contribution < 1.29 is 4.79 Å². The van der Waals surface area contributed by atoms with Gasteiger partial charge in [-0.15, -0.1) is 0 Å². The molecule has 0 saturated carbocycles. The molecule has 0 spiro atoms. The van der Waals surface area contributed by atoms with Gasteiger partial charge in [-0.25, -0.2) is 9.78 Å². The average Bonchev–Trinajstić information content (AvgIpc) is 3.00. The van der Waals surface area contributed by atoms with Gasteiger partial charge in [-0.2, -0.15) is 11.8 Å². The summed E-state index contributed by atoms with van der Waals surface area (Å²) < 4.78 is 2.04. The second-order valence-electron chi connectivity index (χ2n) is 6.17. The van der Waals surface area contributed by atoms with Crippen LogP contribution in [0.2, 0.25) is 0 Å². The monoisotopic (exact) mass is 344 g/mol. The van der Waals surface area contributed by atoms with E-state index in [4.69, 9.17) is 0 Å². The molecule has 2 amide bonds. The molecule has 5 nitrogen and oxygen atoms in total. The van der Waals surface area contributed by atoms with Crippen molar-refractivity contribution in [3.05, 3.63) is 54.1 Å². The van der Waals surface area contributed by atoms with Gasteiger partial charge < -0.3 is 14.8 Å². The van der Waals surface area contributed by atoms with E-state index in [0.29, 0.717) is 11.8 Å². The summed E-state index contributed by atoms with van der Waals surface area (Å²) in [4.78, 5) is 18.3. The SMILES string of the molecule is C[C@@H]1CCN(C(=O)NCc2ccc(Cn3ccnc3)cc2)CCS1. The number of hydrogen-bond acceptors (Lipinski definition) is 3. The van der Waals surface area contributed by atoms with Gasteiger partial charge in [0.05, 0.1) is 6.33 Å². The van der Waals surface area contributed by atoms with Crippen molar-refractivity contribution in [2.45, 2.75) is 31.7 Å². The highest BCUT2D eigenvalue weighted by Gasteiger charge is 2.18. The zero-order valence-electron chi connectivity index (χ0n) is 14.0. The van der Waals surface area contributed by atoms with Crippen LogP contribution >= 0.6 is 11.8 Å². The van der Waals surface area contributed by atoms with Crippen LogP contribution in [0.5, 0.6) is 0 Å². The minimum atomic E-state index is 0.0483. The Kier molecular flexibility index (Phi) is 5.80. The van der Waals surface area contributed by atoms with Crippen LogP contribution in [-0.2, 0) is 13.1 Å². The Labute approximate surface area is 147 Å². The van der Waals surface area contributed by atoms with Crippen LogP contribution in [0.4, 0.5) is 4.79 Å². The first-order valence-corrected chi connectivity index (χ1v) is 9.43. The molecular formula is C18H24N4OS. The van der Waals surface area contributed by atoms with Gasteiger partial charge in [0.25, 0.3) is 0 Å². The van der Waals surface area contributed by atoms with Crippen molar-refractivity contribution in [1.29, 1.82) is 0 Å². The second kappa shape index (κ2) is 8.24. The fourth-order valence-electron chi connectivity index (χ4n) is 2.74. The van der Waals surface area contributed by atoms with E-state index in [0.717, 1.165) is 37.4 Å². The molecule has 1 aromatic heterocycles. The Balaban J connectivity index is 1.48. The van der Waals surface area contributed by atoms with E-state index in [9.17, 15) is 4.79 Å². The molecule has 1 saturated heterocycles. The highest BCUT2D eigenvalue weighted by molar-refractivity contribution is 7.99. The van der Waals surface area contributed by atoms with E-state index in [1.807, 2.05) is 33.8 Å². The van der Waals surface area contributed by atoms with Gasteiger partial charge in [0.2, 0.25) is 0 Å². The molecule has 0 bridgehead atoms. The van der Waals surface area contributed by atoms with E-state index < -0.39 is 0 Å². The highest BCUT2D eigenvalue weighted by Crippen LogP contribution is 2.18. The fourth-order valence-corrected chi connectivity index (χ4v) is 3.74. The molecule has 1 aliphatic heterocycles. The number of aromatic nitrogens is 2. The molecule has 2 heterocycles. The molecular weight excluding hydrogens is 320 g/mol. The summed E-state index contributed by atoms with van der Waals surface area (Å²) in [6.07, 6.45) is 6.62. The van der Waals surface area contributed by atoms with Crippen molar-refractivity contribution >= 4 is 17.8 Å². The summed E-state index contributed by atoms with van der Waals surface area (Å²) in [6.45, 7) is 5.31. The number of rotatable bonds is 4. The minimum absolute atomic E-state index is 0.0483. The summed E-state index contributed by atoms with van der Waals surface area (Å²) in [6, 6.07) is 8.41. The van der Waals surface area contributed by atoms with Crippen LogP contribution in [-0.4, -0.2) is 44.6 Å². The quantitative estimate of drug-likeness (QED) is 0.928. The average molecular weight is 344 g/mol. The zero-order valence-corrected chi connectivity index (χ0v) is 14.8. The molecule has 0 radical (unpaired) electrons. The number of imidazole rings is 1. The fraction of sp³-hybridized carbons (Fsp3) is 0.444. The van der Waals surface area contributed by atoms with Crippen molar-refractivity contribution in [3.8, 4) is 0 Å². The Bertz CT molecular complexity index is 642. The van der Waals surface area contributed by atoms with Crippen molar-refractivity contribution in [2.24, 2.45) is 0 Å². The largest absolute Gasteiger partial charge is 0.334 e. The third-order valence-electron chi connectivity index (χ3n) is 4.25. The van der Waals surface area contributed by atoms with Gasteiger partial charge >= 0.3 is 6.03 Å². The molecule has 24 heavy (non-hydrogen) atoms. The zero-order chi connectivity index (χ0) is 16.8. The Hall–Kier alpha value is -1.95. The van der Waals surface area contributed by atoms with Gasteiger partial charge in [0.15, 0.2) is 0 Å². The van der Waals surface area contributed by atoms with E-state index in [1.54, 1.807) is 6.20 Å². The predicted octanol–water partition coefficient (Wildman–Crippen LogP) is 2.97. The first kappa shape index (κ1) is 16.9. The number of hydrogen-bond donors (Lipinski definition) is 1. The molecule has 1 N–H and O–H groups in total. The van der Waals surface area contributed by atoms with Crippen molar-refractivity contribution in [3.63, 3.8) is 0 Å². The van der Waals surface area contributed by atoms with Gasteiger partial charge in [0.1, 0.15) is 0 Å². The van der Waals surface area contributed by atoms with E-state index in [1.165, 1.54) is 5.56 Å². The molecule has 0 aliphatic carbocycles. The molecule has 2 aromatic rings. The molecule has 1 aromatic carbocycles.